The first-order valence-corrected chi connectivity index (χ1v) is 6.67. The van der Waals surface area contributed by atoms with Gasteiger partial charge in [0.15, 0.2) is 0 Å². The van der Waals surface area contributed by atoms with Gasteiger partial charge in [0.2, 0.25) is 0 Å². The first-order valence-electron chi connectivity index (χ1n) is 5.28. The van der Waals surface area contributed by atoms with Crippen molar-refractivity contribution in [3.63, 3.8) is 0 Å². The average molecular weight is 240 g/mol. The van der Waals surface area contributed by atoms with Crippen LogP contribution in [0.5, 0.6) is 0 Å². The molecule has 0 saturated carbocycles. The molecular weight excluding hydrogens is 224 g/mol. The van der Waals surface area contributed by atoms with Crippen LogP contribution in [0.1, 0.15) is 11.1 Å². The summed E-state index contributed by atoms with van der Waals surface area (Å²) in [4.78, 5) is 0. The topological polar surface area (TPSA) is 40.4 Å². The number of hydrogen-bond donors (Lipinski definition) is 0. The van der Waals surface area contributed by atoms with Gasteiger partial charge >= 0.3 is 0 Å². The molecule has 1 aliphatic heterocycles. The lowest BCUT2D eigenvalue weighted by molar-refractivity contribution is 0.439. The van der Waals surface area contributed by atoms with E-state index in [1.807, 2.05) is 31.2 Å². The fourth-order valence-electron chi connectivity index (χ4n) is 1.58. The molecule has 5 heteroatoms. The summed E-state index contributed by atoms with van der Waals surface area (Å²) in [6.07, 6.45) is 0. The van der Waals surface area contributed by atoms with Crippen molar-refractivity contribution < 1.29 is 8.42 Å². The van der Waals surface area contributed by atoms with Crippen molar-refractivity contribution in [1.82, 2.24) is 8.61 Å². The van der Waals surface area contributed by atoms with Crippen molar-refractivity contribution in [2.45, 2.75) is 13.5 Å². The van der Waals surface area contributed by atoms with Crippen LogP contribution >= 0.6 is 0 Å². The van der Waals surface area contributed by atoms with Crippen molar-refractivity contribution in [2.75, 3.05) is 20.1 Å². The highest BCUT2D eigenvalue weighted by Crippen LogP contribution is 2.18. The number of nitrogens with zero attached hydrogens (tertiary/aromatic N) is 2. The lowest BCUT2D eigenvalue weighted by Gasteiger charge is -2.18. The Hall–Kier alpha value is -0.910. The SMILES string of the molecule is Cc1ccccc1CN(C)S(=O)(=O)N1CC1. The number of hydrogen-bond acceptors (Lipinski definition) is 2. The maximum absolute atomic E-state index is 11.9. The Balaban J connectivity index is 2.13. The summed E-state index contributed by atoms with van der Waals surface area (Å²) in [6.45, 7) is 3.74. The molecule has 0 unspecified atom stereocenters. The maximum atomic E-state index is 11.9. The third-order valence-corrected chi connectivity index (χ3v) is 4.72. The summed E-state index contributed by atoms with van der Waals surface area (Å²) in [5.41, 5.74) is 2.17. The lowest BCUT2D eigenvalue weighted by Crippen LogP contribution is -2.32. The monoisotopic (exact) mass is 240 g/mol. The van der Waals surface area contributed by atoms with Gasteiger partial charge in [0, 0.05) is 26.7 Å². The molecule has 0 aliphatic carbocycles. The van der Waals surface area contributed by atoms with Crippen LogP contribution in [0.15, 0.2) is 24.3 Å². The third-order valence-electron chi connectivity index (χ3n) is 2.78. The van der Waals surface area contributed by atoms with Gasteiger partial charge in [-0.1, -0.05) is 24.3 Å². The van der Waals surface area contributed by atoms with E-state index in [9.17, 15) is 8.42 Å². The molecule has 1 fully saturated rings. The molecule has 0 atom stereocenters. The predicted octanol–water partition coefficient (Wildman–Crippen LogP) is 0.987. The molecule has 0 N–H and O–H groups in total. The quantitative estimate of drug-likeness (QED) is 0.736. The molecule has 0 amide bonds. The van der Waals surface area contributed by atoms with E-state index in [4.69, 9.17) is 0 Å². The fourth-order valence-corrected chi connectivity index (χ4v) is 2.82. The average Bonchev–Trinajstić information content (AvgIpc) is 3.04. The maximum Gasteiger partial charge on any atom is 0.282 e. The number of rotatable bonds is 4. The van der Waals surface area contributed by atoms with Crippen molar-refractivity contribution in [3.8, 4) is 0 Å². The van der Waals surface area contributed by atoms with Crippen LogP contribution in [0.2, 0.25) is 0 Å². The van der Waals surface area contributed by atoms with Gasteiger partial charge < -0.3 is 0 Å². The molecule has 4 nitrogen and oxygen atoms in total. The number of benzene rings is 1. The van der Waals surface area contributed by atoms with Crippen molar-refractivity contribution in [3.05, 3.63) is 35.4 Å². The predicted molar refractivity (Wildman–Crippen MR) is 63.1 cm³/mol. The van der Waals surface area contributed by atoms with E-state index in [0.717, 1.165) is 11.1 Å². The van der Waals surface area contributed by atoms with Gasteiger partial charge in [0.1, 0.15) is 0 Å². The second kappa shape index (κ2) is 4.16. The Morgan fingerprint density at radius 1 is 1.31 bits per heavy atom. The zero-order valence-corrected chi connectivity index (χ0v) is 10.4. The van der Waals surface area contributed by atoms with E-state index >= 15 is 0 Å². The van der Waals surface area contributed by atoms with Gasteiger partial charge in [-0.25, -0.2) is 0 Å². The number of aryl methyl sites for hydroxylation is 1. The van der Waals surface area contributed by atoms with Gasteiger partial charge in [-0.2, -0.15) is 17.0 Å². The summed E-state index contributed by atoms with van der Waals surface area (Å²) in [5, 5.41) is 0. The zero-order valence-electron chi connectivity index (χ0n) is 9.55. The van der Waals surface area contributed by atoms with Crippen molar-refractivity contribution in [1.29, 1.82) is 0 Å². The van der Waals surface area contributed by atoms with E-state index < -0.39 is 10.2 Å². The van der Waals surface area contributed by atoms with Crippen LogP contribution < -0.4 is 0 Å². The second-order valence-corrected chi connectivity index (χ2v) is 6.12. The zero-order chi connectivity index (χ0) is 11.8. The van der Waals surface area contributed by atoms with E-state index in [-0.39, 0.29) is 0 Å². The normalized spacial score (nSPS) is 16.7. The van der Waals surface area contributed by atoms with Gasteiger partial charge in [-0.15, -0.1) is 0 Å². The highest BCUT2D eigenvalue weighted by molar-refractivity contribution is 7.86. The summed E-state index contributed by atoms with van der Waals surface area (Å²) < 4.78 is 26.6. The van der Waals surface area contributed by atoms with E-state index in [2.05, 4.69) is 0 Å². The molecule has 1 aliphatic rings. The summed E-state index contributed by atoms with van der Waals surface area (Å²) in [5.74, 6) is 0. The Bertz CT molecular complexity index is 481. The molecule has 1 heterocycles. The van der Waals surface area contributed by atoms with Crippen LogP contribution in [-0.2, 0) is 16.8 Å². The van der Waals surface area contributed by atoms with E-state index in [0.29, 0.717) is 19.6 Å². The largest absolute Gasteiger partial charge is 0.282 e. The molecule has 1 aromatic rings. The smallest absolute Gasteiger partial charge is 0.195 e. The first-order chi connectivity index (χ1) is 7.51. The molecule has 88 valence electrons. The molecule has 0 bridgehead atoms. The Kier molecular flexibility index (Phi) is 3.01. The molecular formula is C11H16N2O2S. The van der Waals surface area contributed by atoms with Crippen LogP contribution in [-0.4, -0.2) is 37.2 Å². The minimum Gasteiger partial charge on any atom is -0.195 e. The molecule has 16 heavy (non-hydrogen) atoms. The van der Waals surface area contributed by atoms with Crippen LogP contribution in [0.3, 0.4) is 0 Å². The Labute approximate surface area is 96.7 Å². The van der Waals surface area contributed by atoms with E-state index in [1.54, 1.807) is 7.05 Å². The third kappa shape index (κ3) is 2.26. The highest BCUT2D eigenvalue weighted by atomic mass is 32.2. The summed E-state index contributed by atoms with van der Waals surface area (Å²) in [7, 11) is -1.59. The molecule has 1 saturated heterocycles. The van der Waals surface area contributed by atoms with Crippen LogP contribution in [0.4, 0.5) is 0 Å². The standard InChI is InChI=1S/C11H16N2O2S/c1-10-5-3-4-6-11(10)9-12(2)16(14,15)13-7-8-13/h3-6H,7-9H2,1-2H3. The molecule has 0 radical (unpaired) electrons. The Morgan fingerprint density at radius 2 is 1.94 bits per heavy atom. The molecule has 0 aromatic heterocycles. The van der Waals surface area contributed by atoms with Gasteiger partial charge in [0.25, 0.3) is 10.2 Å². The van der Waals surface area contributed by atoms with Gasteiger partial charge in [-0.05, 0) is 18.1 Å². The van der Waals surface area contributed by atoms with Crippen molar-refractivity contribution >= 4 is 10.2 Å². The molecule has 1 aromatic carbocycles. The first kappa shape index (κ1) is 11.6. The summed E-state index contributed by atoms with van der Waals surface area (Å²) in [6, 6.07) is 7.84. The van der Waals surface area contributed by atoms with E-state index in [1.165, 1.54) is 8.61 Å². The minimum atomic E-state index is -3.21. The molecule has 0 spiro atoms. The summed E-state index contributed by atoms with van der Waals surface area (Å²) >= 11 is 0. The van der Waals surface area contributed by atoms with Gasteiger partial charge in [-0.3, -0.25) is 0 Å². The molecule has 2 rings (SSSR count). The highest BCUT2D eigenvalue weighted by Gasteiger charge is 2.35. The van der Waals surface area contributed by atoms with Crippen molar-refractivity contribution in [2.24, 2.45) is 0 Å². The minimum absolute atomic E-state index is 0.436. The van der Waals surface area contributed by atoms with Crippen LogP contribution in [0.25, 0.3) is 0 Å². The van der Waals surface area contributed by atoms with Crippen LogP contribution in [0, 0.1) is 6.92 Å². The second-order valence-electron chi connectivity index (χ2n) is 4.09. The Morgan fingerprint density at radius 3 is 2.50 bits per heavy atom. The van der Waals surface area contributed by atoms with Gasteiger partial charge in [0.05, 0.1) is 0 Å². The fraction of sp³-hybridized carbons (Fsp3) is 0.455. The lowest BCUT2D eigenvalue weighted by atomic mass is 10.1.